The van der Waals surface area contributed by atoms with Crippen molar-refractivity contribution in [3.63, 3.8) is 0 Å². The van der Waals surface area contributed by atoms with Crippen molar-refractivity contribution in [3.8, 4) is 12.3 Å². The van der Waals surface area contributed by atoms with Crippen molar-refractivity contribution in [2.24, 2.45) is 0 Å². The van der Waals surface area contributed by atoms with Gasteiger partial charge in [-0.3, -0.25) is 0 Å². The molecule has 2 heteroatoms. The van der Waals surface area contributed by atoms with E-state index in [1.54, 1.807) is 6.92 Å². The van der Waals surface area contributed by atoms with E-state index in [1.807, 2.05) is 0 Å². The highest BCUT2D eigenvalue weighted by Gasteiger charge is 2.03. The van der Waals surface area contributed by atoms with Gasteiger partial charge < -0.3 is 10.4 Å². The predicted octanol–water partition coefficient (Wildman–Crippen LogP) is 0.759. The largest absolute Gasteiger partial charge is 0.392 e. The average Bonchev–Trinajstić information content (AvgIpc) is 1.97. The Morgan fingerprint density at radius 2 is 2.27 bits per heavy atom. The summed E-state index contributed by atoms with van der Waals surface area (Å²) in [6.45, 7) is 4.47. The minimum absolute atomic E-state index is 0.290. The molecule has 1 unspecified atom stereocenters. The minimum atomic E-state index is -0.290. The number of aliphatic hydroxyl groups is 1. The van der Waals surface area contributed by atoms with Crippen LogP contribution >= 0.6 is 0 Å². The Kier molecular flexibility index (Phi) is 5.91. The first-order valence-corrected chi connectivity index (χ1v) is 4.05. The molecule has 0 aromatic carbocycles. The van der Waals surface area contributed by atoms with Crippen molar-refractivity contribution in [2.45, 2.75) is 38.8 Å². The van der Waals surface area contributed by atoms with Gasteiger partial charge in [0.2, 0.25) is 0 Å². The van der Waals surface area contributed by atoms with Gasteiger partial charge in [-0.05, 0) is 13.3 Å². The lowest BCUT2D eigenvalue weighted by molar-refractivity contribution is 0.186. The third kappa shape index (κ3) is 5.90. The molecule has 0 aliphatic carbocycles. The lowest BCUT2D eigenvalue weighted by atomic mass is 10.1. The summed E-state index contributed by atoms with van der Waals surface area (Å²) >= 11 is 0. The van der Waals surface area contributed by atoms with Gasteiger partial charge in [0, 0.05) is 19.0 Å². The average molecular weight is 155 g/mol. The highest BCUT2D eigenvalue weighted by Crippen LogP contribution is 1.95. The van der Waals surface area contributed by atoms with Crippen LogP contribution in [0.2, 0.25) is 0 Å². The standard InChI is InChI=1S/C9H17NO/c1-4-6-9(5-2)10-7-8(3)11/h1,8-11H,5-7H2,2-3H3/t8-,9?/m0/s1. The van der Waals surface area contributed by atoms with Crippen LogP contribution in [0.4, 0.5) is 0 Å². The van der Waals surface area contributed by atoms with E-state index in [0.717, 1.165) is 12.8 Å². The van der Waals surface area contributed by atoms with E-state index in [0.29, 0.717) is 12.6 Å². The molecule has 2 N–H and O–H groups in total. The second kappa shape index (κ2) is 6.21. The molecule has 0 aromatic heterocycles. The molecule has 64 valence electrons. The molecule has 2 nitrogen and oxygen atoms in total. The van der Waals surface area contributed by atoms with Gasteiger partial charge in [-0.25, -0.2) is 0 Å². The van der Waals surface area contributed by atoms with Crippen LogP contribution in [0.25, 0.3) is 0 Å². The summed E-state index contributed by atoms with van der Waals surface area (Å²) in [5, 5.41) is 12.1. The van der Waals surface area contributed by atoms with Crippen LogP contribution in [0.3, 0.4) is 0 Å². The van der Waals surface area contributed by atoms with E-state index in [-0.39, 0.29) is 6.10 Å². The van der Waals surface area contributed by atoms with Gasteiger partial charge in [-0.2, -0.15) is 0 Å². The molecule has 0 fully saturated rings. The van der Waals surface area contributed by atoms with Crippen molar-refractivity contribution in [1.82, 2.24) is 5.32 Å². The number of rotatable bonds is 5. The van der Waals surface area contributed by atoms with Crippen molar-refractivity contribution in [3.05, 3.63) is 0 Å². The van der Waals surface area contributed by atoms with Gasteiger partial charge in [-0.1, -0.05) is 6.92 Å². The molecule has 0 saturated carbocycles. The molecule has 0 rings (SSSR count). The molecule has 11 heavy (non-hydrogen) atoms. The lowest BCUT2D eigenvalue weighted by Gasteiger charge is -2.14. The molecule has 0 aromatic rings. The Morgan fingerprint density at radius 1 is 1.64 bits per heavy atom. The number of hydrogen-bond donors (Lipinski definition) is 2. The van der Waals surface area contributed by atoms with Crippen LogP contribution in [-0.2, 0) is 0 Å². The van der Waals surface area contributed by atoms with Gasteiger partial charge in [0.15, 0.2) is 0 Å². The minimum Gasteiger partial charge on any atom is -0.392 e. The molecule has 0 aliphatic rings. The Bertz CT molecular complexity index is 126. The van der Waals surface area contributed by atoms with E-state index in [1.165, 1.54) is 0 Å². The van der Waals surface area contributed by atoms with Crippen molar-refractivity contribution >= 4 is 0 Å². The van der Waals surface area contributed by atoms with Gasteiger partial charge in [0.1, 0.15) is 0 Å². The van der Waals surface area contributed by atoms with Crippen LogP contribution in [0.5, 0.6) is 0 Å². The van der Waals surface area contributed by atoms with Crippen LogP contribution < -0.4 is 5.32 Å². The third-order valence-electron chi connectivity index (χ3n) is 1.56. The Morgan fingerprint density at radius 3 is 2.64 bits per heavy atom. The summed E-state index contributed by atoms with van der Waals surface area (Å²) in [5.74, 6) is 2.60. The second-order valence-electron chi connectivity index (χ2n) is 2.77. The molecular weight excluding hydrogens is 138 g/mol. The zero-order valence-corrected chi connectivity index (χ0v) is 7.30. The quantitative estimate of drug-likeness (QED) is 0.574. The first-order chi connectivity index (χ1) is 5.20. The highest BCUT2D eigenvalue weighted by atomic mass is 16.3. The number of nitrogens with one attached hydrogen (secondary N) is 1. The fourth-order valence-corrected chi connectivity index (χ4v) is 0.840. The molecule has 0 aliphatic heterocycles. The molecule has 0 spiro atoms. The normalized spacial score (nSPS) is 15.5. The van der Waals surface area contributed by atoms with Crippen LogP contribution in [0, 0.1) is 12.3 Å². The van der Waals surface area contributed by atoms with Gasteiger partial charge in [0.25, 0.3) is 0 Å². The molecule has 0 radical (unpaired) electrons. The Hall–Kier alpha value is -0.520. The highest BCUT2D eigenvalue weighted by molar-refractivity contribution is 4.89. The zero-order valence-electron chi connectivity index (χ0n) is 7.30. The van der Waals surface area contributed by atoms with Gasteiger partial charge in [0.05, 0.1) is 6.10 Å². The summed E-state index contributed by atoms with van der Waals surface area (Å²) in [6, 6.07) is 0.356. The third-order valence-corrected chi connectivity index (χ3v) is 1.56. The van der Waals surface area contributed by atoms with E-state index >= 15 is 0 Å². The summed E-state index contributed by atoms with van der Waals surface area (Å²) < 4.78 is 0. The fourth-order valence-electron chi connectivity index (χ4n) is 0.840. The molecule has 2 atom stereocenters. The Balaban J connectivity index is 3.45. The lowest BCUT2D eigenvalue weighted by Crippen LogP contribution is -2.33. The van der Waals surface area contributed by atoms with Crippen molar-refractivity contribution in [2.75, 3.05) is 6.54 Å². The first-order valence-electron chi connectivity index (χ1n) is 4.05. The first kappa shape index (κ1) is 10.5. The Labute approximate surface area is 69.0 Å². The molecule has 0 saturated heterocycles. The topological polar surface area (TPSA) is 32.3 Å². The molecule has 0 bridgehead atoms. The molecule has 0 amide bonds. The smallest absolute Gasteiger partial charge is 0.0636 e. The van der Waals surface area contributed by atoms with Crippen molar-refractivity contribution in [1.29, 1.82) is 0 Å². The summed E-state index contributed by atoms with van der Waals surface area (Å²) in [5.41, 5.74) is 0. The fraction of sp³-hybridized carbons (Fsp3) is 0.778. The second-order valence-corrected chi connectivity index (χ2v) is 2.77. The number of aliphatic hydroxyl groups excluding tert-OH is 1. The number of terminal acetylenes is 1. The number of hydrogen-bond acceptors (Lipinski definition) is 2. The SMILES string of the molecule is C#CCC(CC)NC[C@H](C)O. The van der Waals surface area contributed by atoms with Crippen LogP contribution in [0.1, 0.15) is 26.7 Å². The van der Waals surface area contributed by atoms with Gasteiger partial charge in [-0.15, -0.1) is 12.3 Å². The van der Waals surface area contributed by atoms with E-state index in [9.17, 15) is 0 Å². The van der Waals surface area contributed by atoms with E-state index in [2.05, 4.69) is 18.2 Å². The van der Waals surface area contributed by atoms with Gasteiger partial charge >= 0.3 is 0 Å². The van der Waals surface area contributed by atoms with Crippen molar-refractivity contribution < 1.29 is 5.11 Å². The monoisotopic (exact) mass is 155 g/mol. The predicted molar refractivity (Wildman–Crippen MR) is 47.2 cm³/mol. The summed E-state index contributed by atoms with van der Waals surface area (Å²) in [7, 11) is 0. The zero-order chi connectivity index (χ0) is 8.69. The van der Waals surface area contributed by atoms with E-state index < -0.39 is 0 Å². The molecule has 0 heterocycles. The maximum Gasteiger partial charge on any atom is 0.0636 e. The van der Waals surface area contributed by atoms with E-state index in [4.69, 9.17) is 11.5 Å². The summed E-state index contributed by atoms with van der Waals surface area (Å²) in [6.07, 6.45) is 6.62. The molecular formula is C9H17NO. The maximum absolute atomic E-state index is 8.95. The summed E-state index contributed by atoms with van der Waals surface area (Å²) in [4.78, 5) is 0. The van der Waals surface area contributed by atoms with Crippen LogP contribution in [0.15, 0.2) is 0 Å². The maximum atomic E-state index is 8.95. The van der Waals surface area contributed by atoms with Crippen LogP contribution in [-0.4, -0.2) is 23.8 Å².